The van der Waals surface area contributed by atoms with Crippen LogP contribution in [0, 0.1) is 6.92 Å². The van der Waals surface area contributed by atoms with E-state index in [1.165, 1.54) is 22.3 Å². The minimum absolute atomic E-state index is 0.336. The zero-order chi connectivity index (χ0) is 18.4. The average Bonchev–Trinajstić information content (AvgIpc) is 3.17. The Balaban J connectivity index is 1.64. The van der Waals surface area contributed by atoms with Crippen molar-refractivity contribution in [2.24, 2.45) is 0 Å². The van der Waals surface area contributed by atoms with Gasteiger partial charge in [-0.3, -0.25) is 0 Å². The lowest BCUT2D eigenvalue weighted by Crippen LogP contribution is -2.31. The van der Waals surface area contributed by atoms with Gasteiger partial charge in [-0.05, 0) is 60.5 Å². The summed E-state index contributed by atoms with van der Waals surface area (Å²) in [4.78, 5) is 2.40. The third-order valence-electron chi connectivity index (χ3n) is 5.66. The Morgan fingerprint density at radius 2 is 2.04 bits per heavy atom. The normalized spacial score (nSPS) is 17.2. The molecule has 1 atom stereocenters. The van der Waals surface area contributed by atoms with Gasteiger partial charge in [0.05, 0.1) is 12.0 Å². The van der Waals surface area contributed by atoms with Crippen LogP contribution in [0.5, 0.6) is 0 Å². The number of furan rings is 1. The van der Waals surface area contributed by atoms with E-state index in [1.54, 1.807) is 12.5 Å². The van der Waals surface area contributed by atoms with Crippen LogP contribution in [0.3, 0.4) is 0 Å². The Hall–Kier alpha value is -2.98. The van der Waals surface area contributed by atoms with Crippen molar-refractivity contribution < 1.29 is 4.42 Å². The van der Waals surface area contributed by atoms with Gasteiger partial charge in [0.2, 0.25) is 0 Å². The van der Waals surface area contributed by atoms with E-state index in [0.29, 0.717) is 5.92 Å². The van der Waals surface area contributed by atoms with Crippen LogP contribution < -0.4 is 0 Å². The first-order chi connectivity index (χ1) is 13.2. The Bertz CT molecular complexity index is 1120. The summed E-state index contributed by atoms with van der Waals surface area (Å²) in [7, 11) is 2.19. The highest BCUT2D eigenvalue weighted by atomic mass is 16.3. The Morgan fingerprint density at radius 3 is 2.89 bits per heavy atom. The van der Waals surface area contributed by atoms with E-state index in [2.05, 4.69) is 59.4 Å². The maximum absolute atomic E-state index is 5.64. The van der Waals surface area contributed by atoms with Gasteiger partial charge in [-0.1, -0.05) is 24.3 Å². The molecule has 0 aliphatic carbocycles. The van der Waals surface area contributed by atoms with Gasteiger partial charge in [0, 0.05) is 36.2 Å². The second-order valence-electron chi connectivity index (χ2n) is 7.38. The fraction of sp³-hybridized carbons (Fsp3) is 0.217. The Kier molecular flexibility index (Phi) is 3.80. The molecule has 4 nitrogen and oxygen atoms in total. The molecule has 27 heavy (non-hydrogen) atoms. The fourth-order valence-electron chi connectivity index (χ4n) is 4.25. The molecule has 2 aromatic carbocycles. The number of nitrogens with zero attached hydrogens (tertiary/aromatic N) is 3. The van der Waals surface area contributed by atoms with Crippen molar-refractivity contribution in [3.63, 3.8) is 0 Å². The SMILES string of the molecule is Cc1c(-c2cccnn2)ccc2c1CN(C)CC2c1ccc2ccoc2c1. The van der Waals surface area contributed by atoms with Gasteiger partial charge in [0.1, 0.15) is 5.58 Å². The molecule has 2 aromatic heterocycles. The van der Waals surface area contributed by atoms with Crippen LogP contribution in [-0.4, -0.2) is 28.7 Å². The first-order valence-electron chi connectivity index (χ1n) is 9.27. The van der Waals surface area contributed by atoms with Gasteiger partial charge >= 0.3 is 0 Å². The van der Waals surface area contributed by atoms with Gasteiger partial charge in [-0.2, -0.15) is 10.2 Å². The topological polar surface area (TPSA) is 42.2 Å². The second-order valence-corrected chi connectivity index (χ2v) is 7.38. The molecular weight excluding hydrogens is 334 g/mol. The van der Waals surface area contributed by atoms with Crippen LogP contribution in [0.1, 0.15) is 28.2 Å². The second kappa shape index (κ2) is 6.32. The van der Waals surface area contributed by atoms with Crippen molar-refractivity contribution in [3.8, 4) is 11.3 Å². The number of benzene rings is 2. The van der Waals surface area contributed by atoms with Crippen molar-refractivity contribution in [2.75, 3.05) is 13.6 Å². The predicted octanol–water partition coefficient (Wildman–Crippen LogP) is 4.78. The molecule has 0 saturated heterocycles. The van der Waals surface area contributed by atoms with Crippen molar-refractivity contribution in [2.45, 2.75) is 19.4 Å². The van der Waals surface area contributed by atoms with Crippen molar-refractivity contribution in [1.29, 1.82) is 0 Å². The summed E-state index contributed by atoms with van der Waals surface area (Å²) in [6.07, 6.45) is 3.47. The van der Waals surface area contributed by atoms with Gasteiger partial charge < -0.3 is 9.32 Å². The minimum Gasteiger partial charge on any atom is -0.464 e. The van der Waals surface area contributed by atoms with Crippen molar-refractivity contribution >= 4 is 11.0 Å². The Labute approximate surface area is 158 Å². The molecule has 1 unspecified atom stereocenters. The van der Waals surface area contributed by atoms with Gasteiger partial charge in [-0.15, -0.1) is 0 Å². The molecule has 0 amide bonds. The summed E-state index contributed by atoms with van der Waals surface area (Å²) < 4.78 is 5.64. The maximum atomic E-state index is 5.64. The molecule has 1 aliphatic rings. The van der Waals surface area contributed by atoms with E-state index in [-0.39, 0.29) is 0 Å². The number of fused-ring (bicyclic) bond motifs is 2. The van der Waals surface area contributed by atoms with E-state index >= 15 is 0 Å². The first kappa shape index (κ1) is 16.2. The summed E-state index contributed by atoms with van der Waals surface area (Å²) in [5.74, 6) is 0.336. The number of hydrogen-bond donors (Lipinski definition) is 0. The third-order valence-corrected chi connectivity index (χ3v) is 5.66. The first-order valence-corrected chi connectivity index (χ1v) is 9.27. The zero-order valence-electron chi connectivity index (χ0n) is 15.5. The molecule has 5 rings (SSSR count). The highest BCUT2D eigenvalue weighted by Gasteiger charge is 2.27. The van der Waals surface area contributed by atoms with Crippen LogP contribution in [0.2, 0.25) is 0 Å². The molecule has 0 spiro atoms. The lowest BCUT2D eigenvalue weighted by molar-refractivity contribution is 0.294. The zero-order valence-corrected chi connectivity index (χ0v) is 15.5. The van der Waals surface area contributed by atoms with Gasteiger partial charge in [0.15, 0.2) is 0 Å². The molecule has 0 radical (unpaired) electrons. The van der Waals surface area contributed by atoms with Crippen molar-refractivity contribution in [1.82, 2.24) is 15.1 Å². The molecule has 1 aliphatic heterocycles. The molecule has 134 valence electrons. The van der Waals surface area contributed by atoms with Crippen LogP contribution in [0.4, 0.5) is 0 Å². The highest BCUT2D eigenvalue weighted by molar-refractivity contribution is 5.78. The molecule has 0 saturated carbocycles. The number of aromatic nitrogens is 2. The summed E-state index contributed by atoms with van der Waals surface area (Å²) in [5.41, 5.74) is 8.45. The van der Waals surface area contributed by atoms with E-state index in [0.717, 1.165) is 35.3 Å². The van der Waals surface area contributed by atoms with Gasteiger partial charge in [-0.25, -0.2) is 0 Å². The molecular formula is C23H21N3O. The largest absolute Gasteiger partial charge is 0.464 e. The predicted molar refractivity (Wildman–Crippen MR) is 107 cm³/mol. The van der Waals surface area contributed by atoms with Crippen LogP contribution >= 0.6 is 0 Å². The van der Waals surface area contributed by atoms with Crippen molar-refractivity contribution in [3.05, 3.63) is 83.2 Å². The monoisotopic (exact) mass is 355 g/mol. The number of likely N-dealkylation sites (N-methyl/N-ethyl adjacent to an activating group) is 1. The molecule has 3 heterocycles. The summed E-state index contributed by atoms with van der Waals surface area (Å²) in [5, 5.41) is 9.50. The van der Waals surface area contributed by atoms with E-state index in [1.807, 2.05) is 18.2 Å². The highest BCUT2D eigenvalue weighted by Crippen LogP contribution is 2.38. The molecule has 0 bridgehead atoms. The summed E-state index contributed by atoms with van der Waals surface area (Å²) >= 11 is 0. The van der Waals surface area contributed by atoms with E-state index in [9.17, 15) is 0 Å². The standard InChI is InChI=1S/C23H21N3O/c1-15-18(22-4-3-10-24-25-22)7-8-19-20(15)13-26(2)14-21(19)17-6-5-16-9-11-27-23(16)12-17/h3-12,21H,13-14H2,1-2H3. The third kappa shape index (κ3) is 2.73. The van der Waals surface area contributed by atoms with Gasteiger partial charge in [0.25, 0.3) is 0 Å². The molecule has 0 N–H and O–H groups in total. The number of rotatable bonds is 2. The fourth-order valence-corrected chi connectivity index (χ4v) is 4.25. The molecule has 0 fully saturated rings. The Morgan fingerprint density at radius 1 is 1.11 bits per heavy atom. The lowest BCUT2D eigenvalue weighted by Gasteiger charge is -2.34. The summed E-state index contributed by atoms with van der Waals surface area (Å²) in [6.45, 7) is 4.16. The quantitative estimate of drug-likeness (QED) is 0.519. The minimum atomic E-state index is 0.336. The smallest absolute Gasteiger partial charge is 0.134 e. The van der Waals surface area contributed by atoms with E-state index in [4.69, 9.17) is 4.42 Å². The van der Waals surface area contributed by atoms with E-state index < -0.39 is 0 Å². The lowest BCUT2D eigenvalue weighted by atomic mass is 9.81. The summed E-state index contributed by atoms with van der Waals surface area (Å²) in [6, 6.07) is 17.0. The molecule has 4 aromatic rings. The van der Waals surface area contributed by atoms with Crippen LogP contribution in [-0.2, 0) is 6.54 Å². The van der Waals surface area contributed by atoms with Crippen LogP contribution in [0.15, 0.2) is 65.4 Å². The number of hydrogen-bond acceptors (Lipinski definition) is 4. The maximum Gasteiger partial charge on any atom is 0.134 e. The average molecular weight is 355 g/mol. The van der Waals surface area contributed by atoms with Crippen LogP contribution in [0.25, 0.3) is 22.2 Å². The molecule has 4 heteroatoms.